The Morgan fingerprint density at radius 1 is 1.35 bits per heavy atom. The third-order valence-corrected chi connectivity index (χ3v) is 4.86. The van der Waals surface area contributed by atoms with Crippen LogP contribution in [-0.4, -0.2) is 32.6 Å². The molecule has 1 fully saturated rings. The monoisotopic (exact) mass is 317 g/mol. The standard InChI is InChI=1S/C12H16BrNO2S/c1-17(15,16)12-7-3-2-6-11(12)14-8-4-5-10(13)9-14/h2-3,6-7,10H,4-5,8-9H2,1H3. The van der Waals surface area contributed by atoms with Gasteiger partial charge in [0.15, 0.2) is 9.84 Å². The van der Waals surface area contributed by atoms with Gasteiger partial charge in [0, 0.05) is 24.2 Å². The normalized spacial score (nSPS) is 21.5. The molecule has 0 aromatic heterocycles. The average molecular weight is 318 g/mol. The first-order chi connectivity index (χ1) is 7.98. The fourth-order valence-electron chi connectivity index (χ4n) is 2.18. The Bertz CT molecular complexity index is 501. The minimum absolute atomic E-state index is 0.432. The highest BCUT2D eigenvalue weighted by Gasteiger charge is 2.22. The Hall–Kier alpha value is -0.550. The van der Waals surface area contributed by atoms with Crippen LogP contribution >= 0.6 is 15.9 Å². The summed E-state index contributed by atoms with van der Waals surface area (Å²) >= 11 is 3.61. The number of piperidine rings is 1. The van der Waals surface area contributed by atoms with Crippen LogP contribution < -0.4 is 4.90 Å². The Kier molecular flexibility index (Phi) is 3.78. The van der Waals surface area contributed by atoms with Crippen molar-refractivity contribution in [3.8, 4) is 0 Å². The molecule has 0 aliphatic carbocycles. The predicted octanol–water partition coefficient (Wildman–Crippen LogP) is 2.45. The van der Waals surface area contributed by atoms with Gasteiger partial charge in [-0.2, -0.15) is 0 Å². The smallest absolute Gasteiger partial charge is 0.177 e. The van der Waals surface area contributed by atoms with Crippen LogP contribution in [0.3, 0.4) is 0 Å². The fourth-order valence-corrected chi connectivity index (χ4v) is 3.75. The van der Waals surface area contributed by atoms with Gasteiger partial charge in [0.05, 0.1) is 10.6 Å². The number of hydrogen-bond donors (Lipinski definition) is 0. The van der Waals surface area contributed by atoms with E-state index >= 15 is 0 Å². The summed E-state index contributed by atoms with van der Waals surface area (Å²) in [6, 6.07) is 7.24. The SMILES string of the molecule is CS(=O)(=O)c1ccccc1N1CCCC(Br)C1. The molecule has 1 aromatic carbocycles. The predicted molar refractivity (Wildman–Crippen MR) is 73.7 cm³/mol. The van der Waals surface area contributed by atoms with Gasteiger partial charge in [0.25, 0.3) is 0 Å². The summed E-state index contributed by atoms with van der Waals surface area (Å²) in [5.74, 6) is 0. The molecule has 94 valence electrons. The molecule has 0 amide bonds. The maximum absolute atomic E-state index is 11.7. The summed E-state index contributed by atoms with van der Waals surface area (Å²) in [5, 5.41) is 0. The number of alkyl halides is 1. The molecule has 0 bridgehead atoms. The number of nitrogens with zero attached hydrogens (tertiary/aromatic N) is 1. The molecule has 3 nitrogen and oxygen atoms in total. The second-order valence-electron chi connectivity index (χ2n) is 4.43. The molecule has 2 rings (SSSR count). The maximum Gasteiger partial charge on any atom is 0.177 e. The molecule has 1 aromatic rings. The zero-order valence-electron chi connectivity index (χ0n) is 9.77. The Balaban J connectivity index is 2.38. The number of anilines is 1. The van der Waals surface area contributed by atoms with Gasteiger partial charge in [-0.3, -0.25) is 0 Å². The summed E-state index contributed by atoms with van der Waals surface area (Å²) in [5.41, 5.74) is 0.833. The van der Waals surface area contributed by atoms with Crippen molar-refractivity contribution in [3.05, 3.63) is 24.3 Å². The fraction of sp³-hybridized carbons (Fsp3) is 0.500. The molecule has 0 saturated carbocycles. The first-order valence-corrected chi connectivity index (χ1v) is 8.47. The van der Waals surface area contributed by atoms with Gasteiger partial charge < -0.3 is 4.90 Å². The van der Waals surface area contributed by atoms with E-state index in [1.807, 2.05) is 12.1 Å². The van der Waals surface area contributed by atoms with E-state index in [4.69, 9.17) is 0 Å². The maximum atomic E-state index is 11.7. The van der Waals surface area contributed by atoms with Crippen molar-refractivity contribution in [1.29, 1.82) is 0 Å². The second kappa shape index (κ2) is 4.98. The third-order valence-electron chi connectivity index (χ3n) is 2.97. The first-order valence-electron chi connectivity index (χ1n) is 5.66. The van der Waals surface area contributed by atoms with Crippen molar-refractivity contribution < 1.29 is 8.42 Å². The van der Waals surface area contributed by atoms with Crippen LogP contribution in [-0.2, 0) is 9.84 Å². The molecule has 5 heteroatoms. The minimum Gasteiger partial charge on any atom is -0.369 e. The third kappa shape index (κ3) is 3.01. The number of sulfone groups is 1. The van der Waals surface area contributed by atoms with Crippen LogP contribution in [0.1, 0.15) is 12.8 Å². The highest BCUT2D eigenvalue weighted by Crippen LogP contribution is 2.29. The highest BCUT2D eigenvalue weighted by molar-refractivity contribution is 9.09. The number of halogens is 1. The van der Waals surface area contributed by atoms with E-state index in [0.717, 1.165) is 31.6 Å². The van der Waals surface area contributed by atoms with Crippen molar-refractivity contribution in [1.82, 2.24) is 0 Å². The summed E-state index contributed by atoms with van der Waals surface area (Å²) in [6.07, 6.45) is 3.51. The average Bonchev–Trinajstić information content (AvgIpc) is 2.28. The summed E-state index contributed by atoms with van der Waals surface area (Å²) in [6.45, 7) is 1.79. The Morgan fingerprint density at radius 3 is 2.71 bits per heavy atom. The van der Waals surface area contributed by atoms with E-state index in [2.05, 4.69) is 20.8 Å². The largest absolute Gasteiger partial charge is 0.369 e. The van der Waals surface area contributed by atoms with Crippen LogP contribution in [0, 0.1) is 0 Å². The Morgan fingerprint density at radius 2 is 2.06 bits per heavy atom. The first kappa shape index (κ1) is 12.9. The van der Waals surface area contributed by atoms with Gasteiger partial charge in [0.1, 0.15) is 0 Å². The molecule has 0 spiro atoms. The molecule has 1 heterocycles. The molecule has 1 unspecified atom stereocenters. The van der Waals surface area contributed by atoms with E-state index < -0.39 is 9.84 Å². The van der Waals surface area contributed by atoms with Gasteiger partial charge in [-0.1, -0.05) is 28.1 Å². The van der Waals surface area contributed by atoms with Gasteiger partial charge in [-0.05, 0) is 25.0 Å². The topological polar surface area (TPSA) is 37.4 Å². The van der Waals surface area contributed by atoms with Gasteiger partial charge in [-0.15, -0.1) is 0 Å². The lowest BCUT2D eigenvalue weighted by Crippen LogP contribution is -2.36. The van der Waals surface area contributed by atoms with E-state index in [9.17, 15) is 8.42 Å². The molecule has 1 atom stereocenters. The van der Waals surface area contributed by atoms with Crippen molar-refractivity contribution in [2.45, 2.75) is 22.6 Å². The van der Waals surface area contributed by atoms with Crippen molar-refractivity contribution in [2.75, 3.05) is 24.2 Å². The van der Waals surface area contributed by atoms with Gasteiger partial charge in [-0.25, -0.2) is 8.42 Å². The number of hydrogen-bond acceptors (Lipinski definition) is 3. The highest BCUT2D eigenvalue weighted by atomic mass is 79.9. The molecule has 0 N–H and O–H groups in total. The van der Waals surface area contributed by atoms with E-state index in [0.29, 0.717) is 9.72 Å². The molecule has 17 heavy (non-hydrogen) atoms. The summed E-state index contributed by atoms with van der Waals surface area (Å²) in [4.78, 5) is 3.03. The molecular weight excluding hydrogens is 302 g/mol. The molecule has 0 radical (unpaired) electrons. The van der Waals surface area contributed by atoms with Crippen LogP contribution in [0.15, 0.2) is 29.2 Å². The van der Waals surface area contributed by atoms with Crippen LogP contribution in [0.4, 0.5) is 5.69 Å². The Labute approximate surface area is 111 Å². The van der Waals surface area contributed by atoms with E-state index in [-0.39, 0.29) is 0 Å². The lowest BCUT2D eigenvalue weighted by atomic mass is 10.1. The molecular formula is C12H16BrNO2S. The molecule has 1 aliphatic heterocycles. The van der Waals surface area contributed by atoms with Crippen molar-refractivity contribution in [2.24, 2.45) is 0 Å². The second-order valence-corrected chi connectivity index (χ2v) is 7.70. The molecule has 1 saturated heterocycles. The van der Waals surface area contributed by atoms with E-state index in [1.165, 1.54) is 6.26 Å². The van der Waals surface area contributed by atoms with Gasteiger partial charge >= 0.3 is 0 Å². The van der Waals surface area contributed by atoms with Crippen LogP contribution in [0.25, 0.3) is 0 Å². The number of rotatable bonds is 2. The van der Waals surface area contributed by atoms with Crippen LogP contribution in [0.2, 0.25) is 0 Å². The summed E-state index contributed by atoms with van der Waals surface area (Å²) in [7, 11) is -3.16. The summed E-state index contributed by atoms with van der Waals surface area (Å²) < 4.78 is 23.5. The number of para-hydroxylation sites is 1. The van der Waals surface area contributed by atoms with E-state index in [1.54, 1.807) is 12.1 Å². The zero-order chi connectivity index (χ0) is 12.5. The lowest BCUT2D eigenvalue weighted by Gasteiger charge is -2.33. The van der Waals surface area contributed by atoms with Crippen LogP contribution in [0.5, 0.6) is 0 Å². The zero-order valence-corrected chi connectivity index (χ0v) is 12.2. The minimum atomic E-state index is -3.16. The molecule has 1 aliphatic rings. The quantitative estimate of drug-likeness (QED) is 0.786. The lowest BCUT2D eigenvalue weighted by molar-refractivity contribution is 0.586. The van der Waals surface area contributed by atoms with Crippen molar-refractivity contribution >= 4 is 31.5 Å². The number of benzene rings is 1. The van der Waals surface area contributed by atoms with Gasteiger partial charge in [0.2, 0.25) is 0 Å². The van der Waals surface area contributed by atoms with Crippen molar-refractivity contribution in [3.63, 3.8) is 0 Å².